The van der Waals surface area contributed by atoms with Crippen LogP contribution in [-0.4, -0.2) is 69.7 Å². The van der Waals surface area contributed by atoms with Gasteiger partial charge in [-0.3, -0.25) is 4.79 Å². The molecule has 2 aliphatic heterocycles. The Morgan fingerprint density at radius 2 is 1.76 bits per heavy atom. The van der Waals surface area contributed by atoms with E-state index in [0.717, 1.165) is 63.0 Å². The summed E-state index contributed by atoms with van der Waals surface area (Å²) in [7, 11) is 0. The number of hydrogen-bond donors (Lipinski definition) is 1. The van der Waals surface area contributed by atoms with Crippen molar-refractivity contribution in [3.63, 3.8) is 0 Å². The van der Waals surface area contributed by atoms with Crippen molar-refractivity contribution in [2.24, 2.45) is 5.92 Å². The number of amides is 1. The number of fused-ring (bicyclic) bond motifs is 1. The van der Waals surface area contributed by atoms with E-state index in [1.165, 1.54) is 5.56 Å². The number of aromatic nitrogens is 2. The zero-order valence-electron chi connectivity index (χ0n) is 21.6. The monoisotopic (exact) mass is 534 g/mol. The number of para-hydroxylation sites is 1. The van der Waals surface area contributed by atoms with Gasteiger partial charge in [-0.25, -0.2) is 9.37 Å². The van der Waals surface area contributed by atoms with E-state index in [-0.39, 0.29) is 18.3 Å². The lowest BCUT2D eigenvalue weighted by Crippen LogP contribution is -2.38. The molecule has 2 aromatic heterocycles. The summed E-state index contributed by atoms with van der Waals surface area (Å²) >= 11 is 1.71. The molecular weight excluding hydrogens is 499 g/mol. The van der Waals surface area contributed by atoms with Crippen molar-refractivity contribution in [1.29, 1.82) is 0 Å². The number of thiophene rings is 1. The van der Waals surface area contributed by atoms with E-state index in [0.29, 0.717) is 23.9 Å². The van der Waals surface area contributed by atoms with Crippen molar-refractivity contribution in [3.8, 4) is 0 Å². The maximum atomic E-state index is 13.4. The molecule has 1 atom stereocenters. The molecule has 1 N–H and O–H groups in total. The van der Waals surface area contributed by atoms with Gasteiger partial charge in [0.1, 0.15) is 5.82 Å². The van der Waals surface area contributed by atoms with E-state index in [4.69, 9.17) is 0 Å². The van der Waals surface area contributed by atoms with E-state index in [1.807, 2.05) is 62.7 Å². The van der Waals surface area contributed by atoms with Crippen LogP contribution in [0.25, 0.3) is 11.0 Å². The molecule has 6 nitrogen and oxygen atoms in total. The smallest absolute Gasteiger partial charge is 0.256 e. The van der Waals surface area contributed by atoms with Crippen molar-refractivity contribution in [2.75, 3.05) is 39.3 Å². The highest BCUT2D eigenvalue weighted by atomic mass is 32.1. The molecule has 0 bridgehead atoms. The molecule has 2 fully saturated rings. The maximum Gasteiger partial charge on any atom is 0.256 e. The quantitative estimate of drug-likeness (QED) is 0.367. The number of benzene rings is 2. The molecule has 8 heteroatoms. The predicted octanol–water partition coefficient (Wildman–Crippen LogP) is 5.26. The summed E-state index contributed by atoms with van der Waals surface area (Å²) in [6.45, 7) is 5.11. The van der Waals surface area contributed by atoms with E-state index < -0.39 is 0 Å². The van der Waals surface area contributed by atoms with Crippen LogP contribution < -0.4 is 0 Å². The van der Waals surface area contributed by atoms with Gasteiger partial charge in [0.2, 0.25) is 0 Å². The lowest BCUT2D eigenvalue weighted by atomic mass is 9.89. The van der Waals surface area contributed by atoms with Crippen LogP contribution in [0.15, 0.2) is 71.7 Å². The van der Waals surface area contributed by atoms with Crippen molar-refractivity contribution in [2.45, 2.75) is 31.7 Å². The van der Waals surface area contributed by atoms with Crippen LogP contribution in [0.4, 0.5) is 4.39 Å². The zero-order valence-corrected chi connectivity index (χ0v) is 22.4. The molecule has 2 saturated heterocycles. The van der Waals surface area contributed by atoms with Gasteiger partial charge in [-0.1, -0.05) is 30.3 Å². The van der Waals surface area contributed by atoms with Gasteiger partial charge >= 0.3 is 0 Å². The van der Waals surface area contributed by atoms with Crippen molar-refractivity contribution in [3.05, 3.63) is 88.6 Å². The first-order valence-electron chi connectivity index (χ1n) is 13.4. The first kappa shape index (κ1) is 26.5. The van der Waals surface area contributed by atoms with Crippen LogP contribution in [0.2, 0.25) is 0 Å². The average Bonchev–Trinajstić information content (AvgIpc) is 3.73. The number of nitrogens with zero attached hydrogens (tertiary/aromatic N) is 4. The van der Waals surface area contributed by atoms with Crippen LogP contribution in [0.1, 0.15) is 41.1 Å². The summed E-state index contributed by atoms with van der Waals surface area (Å²) in [6, 6.07) is 16.6. The van der Waals surface area contributed by atoms with Crippen molar-refractivity contribution < 1.29 is 14.3 Å². The molecule has 0 saturated carbocycles. The third-order valence-electron chi connectivity index (χ3n) is 7.65. The summed E-state index contributed by atoms with van der Waals surface area (Å²) in [5, 5.41) is 13.4. The molecule has 200 valence electrons. The molecule has 4 heterocycles. The van der Waals surface area contributed by atoms with Gasteiger partial charge in [0.15, 0.2) is 0 Å². The number of carbonyl (C=O) groups is 1. The Kier molecular flexibility index (Phi) is 8.83. The van der Waals surface area contributed by atoms with Gasteiger partial charge in [0.05, 0.1) is 29.5 Å². The second-order valence-corrected chi connectivity index (χ2v) is 11.0. The summed E-state index contributed by atoms with van der Waals surface area (Å²) in [4.78, 5) is 22.2. The number of piperidine rings is 1. The van der Waals surface area contributed by atoms with Crippen LogP contribution in [0, 0.1) is 11.7 Å². The van der Waals surface area contributed by atoms with Gasteiger partial charge in [0.25, 0.3) is 5.91 Å². The molecule has 2 aromatic carbocycles. The highest BCUT2D eigenvalue weighted by molar-refractivity contribution is 7.07. The summed E-state index contributed by atoms with van der Waals surface area (Å²) in [5.74, 6) is 0.869. The fourth-order valence-corrected chi connectivity index (χ4v) is 6.14. The molecule has 38 heavy (non-hydrogen) atoms. The fourth-order valence-electron chi connectivity index (χ4n) is 5.69. The molecule has 1 unspecified atom stereocenters. The molecule has 4 aromatic rings. The number of rotatable bonds is 6. The second kappa shape index (κ2) is 12.7. The number of aliphatic hydroxyl groups excluding tert-OH is 1. The standard InChI is InChI=1S/C26H31FN4O2.C4H4S/c27-22-6-4-20(5-7-22)21-9-11-29(12-10-21)16-19-8-13-30(17-19)26(33)23-2-1-3-24-25(23)31(14-15-32)18-28-24;1-2-4-5-3-1/h1-7,18-19,21,32H,8-17H2;1-4H. The Labute approximate surface area is 227 Å². The third-order valence-corrected chi connectivity index (χ3v) is 8.28. The van der Waals surface area contributed by atoms with E-state index in [2.05, 4.69) is 9.88 Å². The first-order valence-corrected chi connectivity index (χ1v) is 14.4. The number of hydrogen-bond acceptors (Lipinski definition) is 5. The molecule has 0 radical (unpaired) electrons. The molecule has 0 aliphatic carbocycles. The Morgan fingerprint density at radius 3 is 2.45 bits per heavy atom. The highest BCUT2D eigenvalue weighted by Crippen LogP contribution is 2.30. The number of halogens is 1. The Bertz CT molecular complexity index is 1280. The summed E-state index contributed by atoms with van der Waals surface area (Å²) in [5.41, 5.74) is 3.50. The Hall–Kier alpha value is -3.07. The normalized spacial score (nSPS) is 18.5. The molecule has 1 amide bonds. The zero-order chi connectivity index (χ0) is 26.3. The lowest BCUT2D eigenvalue weighted by Gasteiger charge is -2.33. The largest absolute Gasteiger partial charge is 0.395 e. The van der Waals surface area contributed by atoms with Gasteiger partial charge < -0.3 is 19.5 Å². The van der Waals surface area contributed by atoms with Gasteiger partial charge in [0, 0.05) is 26.2 Å². The SMILES string of the molecule is O=C(c1cccc2ncn(CCO)c12)N1CCC(CN2CCC(c3ccc(F)cc3)CC2)C1.c1ccsc1. The van der Waals surface area contributed by atoms with Crippen LogP contribution in [0.3, 0.4) is 0 Å². The number of aliphatic hydroxyl groups is 1. The van der Waals surface area contributed by atoms with Crippen molar-refractivity contribution in [1.82, 2.24) is 19.4 Å². The topological polar surface area (TPSA) is 61.6 Å². The van der Waals surface area contributed by atoms with Crippen LogP contribution in [-0.2, 0) is 6.54 Å². The minimum atomic E-state index is -0.175. The lowest BCUT2D eigenvalue weighted by molar-refractivity contribution is 0.0783. The number of likely N-dealkylation sites (tertiary alicyclic amines) is 2. The van der Waals surface area contributed by atoms with E-state index >= 15 is 0 Å². The highest BCUT2D eigenvalue weighted by Gasteiger charge is 2.31. The van der Waals surface area contributed by atoms with Gasteiger partial charge in [-0.2, -0.15) is 11.3 Å². The molecular formula is C30H35FN4O2S. The fraction of sp³-hybridized carbons (Fsp3) is 0.400. The number of imidazole rings is 1. The maximum absolute atomic E-state index is 13.4. The van der Waals surface area contributed by atoms with Crippen molar-refractivity contribution >= 4 is 28.3 Å². The molecule has 2 aliphatic rings. The average molecular weight is 535 g/mol. The predicted molar refractivity (Wildman–Crippen MR) is 150 cm³/mol. The second-order valence-electron chi connectivity index (χ2n) is 10.2. The Balaban J connectivity index is 0.000000529. The van der Waals surface area contributed by atoms with Gasteiger partial charge in [-0.05, 0) is 84.8 Å². The third kappa shape index (κ3) is 6.31. The molecule has 0 spiro atoms. The minimum absolute atomic E-state index is 0.0115. The first-order chi connectivity index (χ1) is 18.6. The summed E-state index contributed by atoms with van der Waals surface area (Å²) in [6.07, 6.45) is 4.91. The van der Waals surface area contributed by atoms with E-state index in [9.17, 15) is 14.3 Å². The molecule has 6 rings (SSSR count). The van der Waals surface area contributed by atoms with Crippen LogP contribution >= 0.6 is 11.3 Å². The number of carbonyl (C=O) groups excluding carboxylic acids is 1. The van der Waals surface area contributed by atoms with Gasteiger partial charge in [-0.15, -0.1) is 0 Å². The van der Waals surface area contributed by atoms with Crippen LogP contribution in [0.5, 0.6) is 0 Å². The van der Waals surface area contributed by atoms with E-state index in [1.54, 1.807) is 29.8 Å². The minimum Gasteiger partial charge on any atom is -0.395 e. The Morgan fingerprint density at radius 1 is 1.00 bits per heavy atom. The summed E-state index contributed by atoms with van der Waals surface area (Å²) < 4.78 is 15.1.